The lowest BCUT2D eigenvalue weighted by molar-refractivity contribution is 0.100. The number of likely N-dealkylation sites (tertiary alicyclic amines) is 1. The van der Waals surface area contributed by atoms with Gasteiger partial charge in [0.05, 0.1) is 6.10 Å². The Kier molecular flexibility index (Phi) is 2.05. The average Bonchev–Trinajstić information content (AvgIpc) is 2.10. The fraction of sp³-hybridized carbons (Fsp3) is 1.00. The van der Waals surface area contributed by atoms with Gasteiger partial charge in [-0.15, -0.1) is 0 Å². The molecule has 3 nitrogen and oxygen atoms in total. The summed E-state index contributed by atoms with van der Waals surface area (Å²) in [6.45, 7) is 1.93. The minimum atomic E-state index is 0.208. The van der Waals surface area contributed by atoms with E-state index in [1.165, 1.54) is 0 Å². The lowest BCUT2D eigenvalue weighted by Crippen LogP contribution is -2.34. The van der Waals surface area contributed by atoms with Gasteiger partial charge < -0.3 is 15.4 Å². The number of hydrogen-bond donors (Lipinski definition) is 1. The van der Waals surface area contributed by atoms with E-state index >= 15 is 0 Å². The van der Waals surface area contributed by atoms with Crippen LogP contribution in [-0.2, 0) is 4.74 Å². The molecule has 0 amide bonds. The minimum Gasteiger partial charge on any atom is -0.378 e. The summed E-state index contributed by atoms with van der Waals surface area (Å²) in [6, 6.07) is 0.208. The van der Waals surface area contributed by atoms with Crippen molar-refractivity contribution < 1.29 is 4.74 Å². The Morgan fingerprint density at radius 1 is 1.56 bits per heavy atom. The van der Waals surface area contributed by atoms with E-state index < -0.39 is 0 Å². The van der Waals surface area contributed by atoms with Crippen LogP contribution in [0.15, 0.2) is 0 Å². The predicted molar refractivity (Wildman–Crippen MR) is 36.3 cm³/mol. The van der Waals surface area contributed by atoms with E-state index in [4.69, 9.17) is 10.5 Å². The molecule has 0 radical (unpaired) electrons. The molecule has 1 fully saturated rings. The zero-order chi connectivity index (χ0) is 6.85. The van der Waals surface area contributed by atoms with Crippen molar-refractivity contribution in [1.82, 2.24) is 4.90 Å². The van der Waals surface area contributed by atoms with Gasteiger partial charge in [-0.25, -0.2) is 0 Å². The highest BCUT2D eigenvalue weighted by Crippen LogP contribution is 2.07. The van der Waals surface area contributed by atoms with Gasteiger partial charge in [-0.2, -0.15) is 0 Å². The van der Waals surface area contributed by atoms with E-state index in [1.54, 1.807) is 7.11 Å². The van der Waals surface area contributed by atoms with Gasteiger partial charge in [0.2, 0.25) is 0 Å². The normalized spacial score (nSPS) is 37.7. The first kappa shape index (κ1) is 6.99. The zero-order valence-electron chi connectivity index (χ0n) is 6.00. The molecule has 0 aliphatic carbocycles. The second-order valence-electron chi connectivity index (χ2n) is 2.66. The van der Waals surface area contributed by atoms with Crippen molar-refractivity contribution in [2.75, 3.05) is 27.2 Å². The van der Waals surface area contributed by atoms with Crippen LogP contribution in [0.5, 0.6) is 0 Å². The topological polar surface area (TPSA) is 38.5 Å². The van der Waals surface area contributed by atoms with Crippen LogP contribution in [0.3, 0.4) is 0 Å². The van der Waals surface area contributed by atoms with Gasteiger partial charge in [-0.05, 0) is 7.05 Å². The van der Waals surface area contributed by atoms with Gasteiger partial charge in [-0.1, -0.05) is 0 Å². The third-order valence-electron chi connectivity index (χ3n) is 1.79. The Hall–Kier alpha value is -0.120. The van der Waals surface area contributed by atoms with Crippen LogP contribution < -0.4 is 5.73 Å². The van der Waals surface area contributed by atoms with E-state index in [0.29, 0.717) is 0 Å². The van der Waals surface area contributed by atoms with E-state index in [-0.39, 0.29) is 12.1 Å². The molecule has 1 rings (SSSR count). The molecule has 1 saturated heterocycles. The van der Waals surface area contributed by atoms with E-state index in [9.17, 15) is 0 Å². The number of rotatable bonds is 1. The fourth-order valence-electron chi connectivity index (χ4n) is 1.24. The van der Waals surface area contributed by atoms with Crippen molar-refractivity contribution in [2.24, 2.45) is 5.73 Å². The SMILES string of the molecule is CO[C@@H]1CN(C)C[C@H]1N. The maximum Gasteiger partial charge on any atom is 0.0861 e. The van der Waals surface area contributed by atoms with Gasteiger partial charge in [0, 0.05) is 26.2 Å². The van der Waals surface area contributed by atoms with Crippen LogP contribution in [0.2, 0.25) is 0 Å². The lowest BCUT2D eigenvalue weighted by Gasteiger charge is -2.10. The summed E-state index contributed by atoms with van der Waals surface area (Å²) in [5, 5.41) is 0. The molecular formula is C6H14N2O. The Morgan fingerprint density at radius 3 is 2.44 bits per heavy atom. The van der Waals surface area contributed by atoms with E-state index in [2.05, 4.69) is 11.9 Å². The number of nitrogens with two attached hydrogens (primary N) is 1. The van der Waals surface area contributed by atoms with Crippen LogP contribution in [0.25, 0.3) is 0 Å². The van der Waals surface area contributed by atoms with Crippen LogP contribution in [0.4, 0.5) is 0 Å². The summed E-state index contributed by atoms with van der Waals surface area (Å²) in [5.41, 5.74) is 5.71. The van der Waals surface area contributed by atoms with Gasteiger partial charge in [0.1, 0.15) is 0 Å². The van der Waals surface area contributed by atoms with Crippen molar-refractivity contribution in [3.05, 3.63) is 0 Å². The first-order chi connectivity index (χ1) is 4.24. The Balaban J connectivity index is 2.38. The third-order valence-corrected chi connectivity index (χ3v) is 1.79. The number of ether oxygens (including phenoxy) is 1. The van der Waals surface area contributed by atoms with Crippen LogP contribution >= 0.6 is 0 Å². The Morgan fingerprint density at radius 2 is 2.22 bits per heavy atom. The van der Waals surface area contributed by atoms with Gasteiger partial charge >= 0.3 is 0 Å². The quantitative estimate of drug-likeness (QED) is 0.509. The summed E-state index contributed by atoms with van der Waals surface area (Å²) in [7, 11) is 3.77. The molecule has 0 aromatic rings. The molecule has 0 aromatic heterocycles. The molecule has 0 spiro atoms. The van der Waals surface area contributed by atoms with Crippen molar-refractivity contribution in [1.29, 1.82) is 0 Å². The summed E-state index contributed by atoms with van der Waals surface area (Å²) in [6.07, 6.45) is 0.245. The summed E-state index contributed by atoms with van der Waals surface area (Å²) in [4.78, 5) is 2.18. The van der Waals surface area contributed by atoms with E-state index in [1.807, 2.05) is 0 Å². The maximum absolute atomic E-state index is 5.71. The Labute approximate surface area is 55.8 Å². The molecule has 1 heterocycles. The zero-order valence-corrected chi connectivity index (χ0v) is 6.00. The maximum atomic E-state index is 5.71. The highest BCUT2D eigenvalue weighted by molar-refractivity contribution is 4.85. The van der Waals surface area contributed by atoms with Gasteiger partial charge in [0.25, 0.3) is 0 Å². The largest absolute Gasteiger partial charge is 0.378 e. The standard InChI is InChI=1S/C6H14N2O/c1-8-3-5(7)6(4-8)9-2/h5-6H,3-4,7H2,1-2H3/t5-,6-/m1/s1. The molecule has 0 bridgehead atoms. The molecule has 1 aliphatic rings. The fourth-order valence-corrected chi connectivity index (χ4v) is 1.24. The number of methoxy groups -OCH3 is 1. The molecule has 0 saturated carbocycles. The average molecular weight is 130 g/mol. The third kappa shape index (κ3) is 1.41. The van der Waals surface area contributed by atoms with Gasteiger partial charge in [-0.3, -0.25) is 0 Å². The summed E-state index contributed by atoms with van der Waals surface area (Å²) >= 11 is 0. The predicted octanol–water partition coefficient (Wildman–Crippen LogP) is -0.726. The Bertz CT molecular complexity index is 97.1. The highest BCUT2D eigenvalue weighted by Gasteiger charge is 2.26. The second-order valence-corrected chi connectivity index (χ2v) is 2.66. The van der Waals surface area contributed by atoms with E-state index in [0.717, 1.165) is 13.1 Å². The highest BCUT2D eigenvalue weighted by atomic mass is 16.5. The summed E-state index contributed by atoms with van der Waals surface area (Å²) < 4.78 is 5.13. The van der Waals surface area contributed by atoms with Crippen molar-refractivity contribution in [3.63, 3.8) is 0 Å². The first-order valence-electron chi connectivity index (χ1n) is 3.21. The number of hydrogen-bond acceptors (Lipinski definition) is 3. The first-order valence-corrected chi connectivity index (χ1v) is 3.21. The van der Waals surface area contributed by atoms with Crippen LogP contribution in [-0.4, -0.2) is 44.3 Å². The smallest absolute Gasteiger partial charge is 0.0861 e. The molecule has 2 N–H and O–H groups in total. The molecule has 54 valence electrons. The summed E-state index contributed by atoms with van der Waals surface area (Å²) in [5.74, 6) is 0. The van der Waals surface area contributed by atoms with Crippen molar-refractivity contribution in [2.45, 2.75) is 12.1 Å². The molecule has 0 aromatic carbocycles. The van der Waals surface area contributed by atoms with Crippen LogP contribution in [0, 0.1) is 0 Å². The molecule has 2 atom stereocenters. The minimum absolute atomic E-state index is 0.208. The molecule has 1 aliphatic heterocycles. The van der Waals surface area contributed by atoms with Crippen molar-refractivity contribution >= 4 is 0 Å². The van der Waals surface area contributed by atoms with Gasteiger partial charge in [0.15, 0.2) is 0 Å². The van der Waals surface area contributed by atoms with Crippen molar-refractivity contribution in [3.8, 4) is 0 Å². The van der Waals surface area contributed by atoms with Crippen LogP contribution in [0.1, 0.15) is 0 Å². The number of nitrogens with zero attached hydrogens (tertiary/aromatic N) is 1. The monoisotopic (exact) mass is 130 g/mol. The molecule has 3 heteroatoms. The lowest BCUT2D eigenvalue weighted by atomic mass is 10.2. The molecule has 9 heavy (non-hydrogen) atoms. The second kappa shape index (κ2) is 2.64. The molecular weight excluding hydrogens is 116 g/mol. The number of likely N-dealkylation sites (N-methyl/N-ethyl adjacent to an activating group) is 1. The molecule has 0 unspecified atom stereocenters.